The summed E-state index contributed by atoms with van der Waals surface area (Å²) in [5.41, 5.74) is 0. The average Bonchev–Trinajstić information content (AvgIpc) is 3.14. The first-order valence-electron chi connectivity index (χ1n) is 19.9. The lowest BCUT2D eigenvalue weighted by Gasteiger charge is -2.09. The SMILES string of the molecule is CCCCCCCCCCOCCOCCOCCOCCOCCOCCOCCOCCOCCOCCOCCOCCOCCCC. The molecule has 0 aliphatic heterocycles. The van der Waals surface area contributed by atoms with Gasteiger partial charge in [0.1, 0.15) is 0 Å². The number of hydrogen-bond donors (Lipinski definition) is 0. The van der Waals surface area contributed by atoms with Crippen LogP contribution < -0.4 is 0 Å². The van der Waals surface area contributed by atoms with Crippen molar-refractivity contribution in [1.82, 2.24) is 0 Å². The molecule has 0 saturated carbocycles. The standard InChI is InChI=1S/C38H78O13/c1-3-5-7-8-9-10-11-12-14-40-16-18-42-20-22-44-24-26-46-28-30-48-32-34-50-36-38-51-37-35-49-33-31-47-29-27-45-25-23-43-21-19-41-17-15-39-13-6-4-2/h3-38H2,1-2H3. The summed E-state index contributed by atoms with van der Waals surface area (Å²) in [6.45, 7) is 19.2. The molecule has 0 aromatic heterocycles. The van der Waals surface area contributed by atoms with Gasteiger partial charge < -0.3 is 61.6 Å². The Morgan fingerprint density at radius 2 is 0.314 bits per heavy atom. The van der Waals surface area contributed by atoms with Gasteiger partial charge in [-0.15, -0.1) is 0 Å². The summed E-state index contributed by atoms with van der Waals surface area (Å²) in [7, 11) is 0. The van der Waals surface area contributed by atoms with Gasteiger partial charge in [-0.1, -0.05) is 65.2 Å². The van der Waals surface area contributed by atoms with Gasteiger partial charge in [-0.25, -0.2) is 0 Å². The third kappa shape index (κ3) is 49.5. The molecule has 308 valence electrons. The molecule has 13 nitrogen and oxygen atoms in total. The van der Waals surface area contributed by atoms with Crippen LogP contribution in [0.4, 0.5) is 0 Å². The molecule has 0 spiro atoms. The van der Waals surface area contributed by atoms with Crippen LogP contribution in [-0.4, -0.2) is 172 Å². The fourth-order valence-electron chi connectivity index (χ4n) is 4.33. The molecule has 0 heterocycles. The van der Waals surface area contributed by atoms with Gasteiger partial charge in [0, 0.05) is 13.2 Å². The Labute approximate surface area is 311 Å². The van der Waals surface area contributed by atoms with Crippen LogP contribution in [0.5, 0.6) is 0 Å². The third-order valence-electron chi connectivity index (χ3n) is 7.25. The molecule has 0 rings (SSSR count). The van der Waals surface area contributed by atoms with Gasteiger partial charge in [-0.2, -0.15) is 0 Å². The smallest absolute Gasteiger partial charge is 0.0701 e. The fraction of sp³-hybridized carbons (Fsp3) is 1.00. The molecule has 0 atom stereocenters. The van der Waals surface area contributed by atoms with Crippen molar-refractivity contribution in [3.63, 3.8) is 0 Å². The minimum Gasteiger partial charge on any atom is -0.379 e. The first-order chi connectivity index (χ1) is 25.4. The number of rotatable bonds is 48. The van der Waals surface area contributed by atoms with Crippen molar-refractivity contribution in [3.05, 3.63) is 0 Å². The van der Waals surface area contributed by atoms with E-state index < -0.39 is 0 Å². The van der Waals surface area contributed by atoms with Crippen LogP contribution in [0.25, 0.3) is 0 Å². The van der Waals surface area contributed by atoms with E-state index in [-0.39, 0.29) is 0 Å². The van der Waals surface area contributed by atoms with E-state index in [0.29, 0.717) is 159 Å². The van der Waals surface area contributed by atoms with Crippen LogP contribution in [-0.2, 0) is 61.6 Å². The molecule has 0 bridgehead atoms. The molecule has 0 N–H and O–H groups in total. The minimum absolute atomic E-state index is 0.517. The highest BCUT2D eigenvalue weighted by atomic mass is 16.6. The lowest BCUT2D eigenvalue weighted by molar-refractivity contribution is -0.0290. The minimum atomic E-state index is 0.517. The topological polar surface area (TPSA) is 120 Å². The van der Waals surface area contributed by atoms with Crippen LogP contribution in [0, 0.1) is 0 Å². The average molecular weight is 743 g/mol. The van der Waals surface area contributed by atoms with Gasteiger partial charge in [0.2, 0.25) is 0 Å². The number of ether oxygens (including phenoxy) is 13. The molecule has 51 heavy (non-hydrogen) atoms. The van der Waals surface area contributed by atoms with Crippen molar-refractivity contribution in [2.75, 3.05) is 172 Å². The summed E-state index contributed by atoms with van der Waals surface area (Å²) >= 11 is 0. The Hall–Kier alpha value is -0.520. The normalized spacial score (nSPS) is 11.6. The molecular formula is C38H78O13. The lowest BCUT2D eigenvalue weighted by atomic mass is 10.1. The Morgan fingerprint density at radius 3 is 0.529 bits per heavy atom. The fourth-order valence-corrected chi connectivity index (χ4v) is 4.33. The van der Waals surface area contributed by atoms with Gasteiger partial charge >= 0.3 is 0 Å². The maximum Gasteiger partial charge on any atom is 0.0701 e. The Balaban J connectivity index is 3.04. The van der Waals surface area contributed by atoms with E-state index >= 15 is 0 Å². The summed E-state index contributed by atoms with van der Waals surface area (Å²) in [6.07, 6.45) is 12.8. The van der Waals surface area contributed by atoms with Crippen LogP contribution >= 0.6 is 0 Å². The van der Waals surface area contributed by atoms with Gasteiger partial charge in [0.15, 0.2) is 0 Å². The van der Waals surface area contributed by atoms with Crippen LogP contribution in [0.15, 0.2) is 0 Å². The van der Waals surface area contributed by atoms with Crippen molar-refractivity contribution < 1.29 is 61.6 Å². The zero-order valence-electron chi connectivity index (χ0n) is 32.8. The van der Waals surface area contributed by atoms with Crippen molar-refractivity contribution >= 4 is 0 Å². The maximum absolute atomic E-state index is 5.63. The highest BCUT2D eigenvalue weighted by Crippen LogP contribution is 2.08. The van der Waals surface area contributed by atoms with Crippen molar-refractivity contribution in [2.24, 2.45) is 0 Å². The third-order valence-corrected chi connectivity index (χ3v) is 7.25. The molecule has 0 aromatic carbocycles. The first kappa shape index (κ1) is 50.5. The van der Waals surface area contributed by atoms with Crippen LogP contribution in [0.3, 0.4) is 0 Å². The Kier molecular flexibility index (Phi) is 49.0. The molecule has 0 aromatic rings. The molecule has 13 heteroatoms. The van der Waals surface area contributed by atoms with Gasteiger partial charge in [-0.3, -0.25) is 0 Å². The molecule has 0 unspecified atom stereocenters. The molecular weight excluding hydrogens is 664 g/mol. The molecule has 0 fully saturated rings. The molecule has 0 radical (unpaired) electrons. The predicted octanol–water partition coefficient (Wildman–Crippen LogP) is 5.14. The van der Waals surface area contributed by atoms with Crippen molar-refractivity contribution in [3.8, 4) is 0 Å². The second-order valence-corrected chi connectivity index (χ2v) is 11.8. The maximum atomic E-state index is 5.63. The zero-order chi connectivity index (χ0) is 36.6. The molecule has 0 aliphatic rings. The van der Waals surface area contributed by atoms with E-state index in [1.165, 1.54) is 44.9 Å². The van der Waals surface area contributed by atoms with E-state index in [1.54, 1.807) is 0 Å². The van der Waals surface area contributed by atoms with Gasteiger partial charge in [-0.05, 0) is 12.8 Å². The Bertz CT molecular complexity index is 544. The summed E-state index contributed by atoms with van der Waals surface area (Å²) in [4.78, 5) is 0. The number of hydrogen-bond acceptors (Lipinski definition) is 13. The van der Waals surface area contributed by atoms with E-state index in [2.05, 4.69) is 13.8 Å². The van der Waals surface area contributed by atoms with Crippen molar-refractivity contribution in [2.45, 2.75) is 78.1 Å². The first-order valence-corrected chi connectivity index (χ1v) is 19.9. The highest BCUT2D eigenvalue weighted by molar-refractivity contribution is 4.46. The van der Waals surface area contributed by atoms with E-state index in [4.69, 9.17) is 61.6 Å². The van der Waals surface area contributed by atoms with Crippen LogP contribution in [0.2, 0.25) is 0 Å². The second kappa shape index (κ2) is 49.5. The monoisotopic (exact) mass is 743 g/mol. The highest BCUT2D eigenvalue weighted by Gasteiger charge is 1.98. The van der Waals surface area contributed by atoms with E-state index in [1.807, 2.05) is 0 Å². The number of unbranched alkanes of at least 4 members (excludes halogenated alkanes) is 8. The molecule has 0 amide bonds. The largest absolute Gasteiger partial charge is 0.379 e. The van der Waals surface area contributed by atoms with Crippen LogP contribution in [0.1, 0.15) is 78.1 Å². The molecule has 0 aliphatic carbocycles. The summed E-state index contributed by atoms with van der Waals surface area (Å²) < 4.78 is 71.5. The summed E-state index contributed by atoms with van der Waals surface area (Å²) in [5.74, 6) is 0. The predicted molar refractivity (Wildman–Crippen MR) is 198 cm³/mol. The van der Waals surface area contributed by atoms with Crippen molar-refractivity contribution in [1.29, 1.82) is 0 Å². The second-order valence-electron chi connectivity index (χ2n) is 11.8. The van der Waals surface area contributed by atoms with Gasteiger partial charge in [0.05, 0.1) is 159 Å². The quantitative estimate of drug-likeness (QED) is 0.0766. The summed E-state index contributed by atoms with van der Waals surface area (Å²) in [5, 5.41) is 0. The lowest BCUT2D eigenvalue weighted by Crippen LogP contribution is -2.15. The van der Waals surface area contributed by atoms with E-state index in [0.717, 1.165) is 32.5 Å². The summed E-state index contributed by atoms with van der Waals surface area (Å²) in [6, 6.07) is 0. The Morgan fingerprint density at radius 1 is 0.157 bits per heavy atom. The van der Waals surface area contributed by atoms with Gasteiger partial charge in [0.25, 0.3) is 0 Å². The zero-order valence-corrected chi connectivity index (χ0v) is 32.8. The van der Waals surface area contributed by atoms with E-state index in [9.17, 15) is 0 Å². The molecule has 0 saturated heterocycles.